The number of nitrogen functional groups attached to an aromatic ring is 1. The molecule has 1 aromatic carbocycles. The van der Waals surface area contributed by atoms with E-state index in [9.17, 15) is 4.79 Å². The summed E-state index contributed by atoms with van der Waals surface area (Å²) in [7, 11) is 1.51. The molecule has 0 saturated carbocycles. The van der Waals surface area contributed by atoms with Gasteiger partial charge in [0.15, 0.2) is 0 Å². The van der Waals surface area contributed by atoms with E-state index in [4.69, 9.17) is 33.7 Å². The number of rotatable bonds is 3. The van der Waals surface area contributed by atoms with Crippen LogP contribution in [0.25, 0.3) is 0 Å². The summed E-state index contributed by atoms with van der Waals surface area (Å²) < 4.78 is 4.93. The van der Waals surface area contributed by atoms with Crippen LogP contribution in [0, 0.1) is 0 Å². The molecule has 1 aromatic heterocycles. The standard InChI is InChI=1S/C13H11Cl2N3O2/c1-20-11-3-2-8(6-17-11)18-13(19)7-4-9(14)12(16)10(15)5-7/h2-6H,16H2,1H3,(H,18,19). The number of methoxy groups -OCH3 is 1. The Morgan fingerprint density at radius 1 is 1.30 bits per heavy atom. The molecule has 0 unspecified atom stereocenters. The fourth-order valence-electron chi connectivity index (χ4n) is 1.49. The Labute approximate surface area is 125 Å². The zero-order chi connectivity index (χ0) is 14.7. The number of aromatic nitrogens is 1. The van der Waals surface area contributed by atoms with Gasteiger partial charge in [0.05, 0.1) is 34.7 Å². The number of nitrogens with zero attached hydrogens (tertiary/aromatic N) is 1. The maximum Gasteiger partial charge on any atom is 0.255 e. The summed E-state index contributed by atoms with van der Waals surface area (Å²) >= 11 is 11.8. The van der Waals surface area contributed by atoms with Crippen molar-refractivity contribution in [1.29, 1.82) is 0 Å². The zero-order valence-electron chi connectivity index (χ0n) is 10.5. The van der Waals surface area contributed by atoms with Crippen LogP contribution >= 0.6 is 23.2 Å². The molecule has 0 spiro atoms. The van der Waals surface area contributed by atoms with Gasteiger partial charge in [-0.3, -0.25) is 4.79 Å². The van der Waals surface area contributed by atoms with Gasteiger partial charge in [-0.05, 0) is 18.2 Å². The summed E-state index contributed by atoms with van der Waals surface area (Å²) in [6.45, 7) is 0. The first-order valence-corrected chi connectivity index (χ1v) is 6.32. The van der Waals surface area contributed by atoms with Gasteiger partial charge in [-0.25, -0.2) is 4.98 Å². The lowest BCUT2D eigenvalue weighted by atomic mass is 10.2. The molecule has 0 fully saturated rings. The molecule has 2 rings (SSSR count). The van der Waals surface area contributed by atoms with Crippen LogP contribution < -0.4 is 15.8 Å². The molecule has 0 aliphatic carbocycles. The second kappa shape index (κ2) is 5.98. The molecule has 5 nitrogen and oxygen atoms in total. The van der Waals surface area contributed by atoms with E-state index in [1.807, 2.05) is 0 Å². The number of carbonyl (C=O) groups is 1. The van der Waals surface area contributed by atoms with E-state index in [0.717, 1.165) is 0 Å². The molecular weight excluding hydrogens is 301 g/mol. The number of hydrogen-bond acceptors (Lipinski definition) is 4. The first kappa shape index (κ1) is 14.4. The van der Waals surface area contributed by atoms with Gasteiger partial charge in [0, 0.05) is 11.6 Å². The molecule has 0 atom stereocenters. The van der Waals surface area contributed by atoms with Gasteiger partial charge < -0.3 is 15.8 Å². The fraction of sp³-hybridized carbons (Fsp3) is 0.0769. The highest BCUT2D eigenvalue weighted by molar-refractivity contribution is 6.39. The van der Waals surface area contributed by atoms with E-state index >= 15 is 0 Å². The molecular formula is C13H11Cl2N3O2. The van der Waals surface area contributed by atoms with E-state index in [0.29, 0.717) is 17.1 Å². The number of hydrogen-bond donors (Lipinski definition) is 2. The van der Waals surface area contributed by atoms with Crippen molar-refractivity contribution in [2.45, 2.75) is 0 Å². The lowest BCUT2D eigenvalue weighted by Crippen LogP contribution is -2.12. The molecule has 1 amide bonds. The molecule has 0 saturated heterocycles. The number of ether oxygens (including phenoxy) is 1. The monoisotopic (exact) mass is 311 g/mol. The second-order valence-corrected chi connectivity index (χ2v) is 4.71. The Morgan fingerprint density at radius 3 is 2.45 bits per heavy atom. The summed E-state index contributed by atoms with van der Waals surface area (Å²) in [5.41, 5.74) is 6.70. The van der Waals surface area contributed by atoms with Crippen molar-refractivity contribution in [3.8, 4) is 5.88 Å². The van der Waals surface area contributed by atoms with E-state index in [1.54, 1.807) is 12.1 Å². The lowest BCUT2D eigenvalue weighted by Gasteiger charge is -2.08. The third-order valence-corrected chi connectivity index (χ3v) is 3.17. The summed E-state index contributed by atoms with van der Waals surface area (Å²) in [6, 6.07) is 6.22. The van der Waals surface area contributed by atoms with Crippen molar-refractivity contribution in [3.05, 3.63) is 46.1 Å². The number of nitrogens with one attached hydrogen (secondary N) is 1. The Bertz CT molecular complexity index is 622. The molecule has 7 heteroatoms. The fourth-order valence-corrected chi connectivity index (χ4v) is 1.98. The summed E-state index contributed by atoms with van der Waals surface area (Å²) in [5, 5.41) is 3.13. The normalized spacial score (nSPS) is 10.2. The highest BCUT2D eigenvalue weighted by Gasteiger charge is 2.11. The van der Waals surface area contributed by atoms with E-state index in [2.05, 4.69) is 10.3 Å². The minimum Gasteiger partial charge on any atom is -0.481 e. The number of amides is 1. The number of pyridine rings is 1. The van der Waals surface area contributed by atoms with E-state index in [1.165, 1.54) is 25.4 Å². The third kappa shape index (κ3) is 3.12. The Hall–Kier alpha value is -1.98. The van der Waals surface area contributed by atoms with Crippen LogP contribution in [0.3, 0.4) is 0 Å². The SMILES string of the molecule is COc1ccc(NC(=O)c2cc(Cl)c(N)c(Cl)c2)cn1. The van der Waals surface area contributed by atoms with Gasteiger partial charge in [0.2, 0.25) is 5.88 Å². The predicted octanol–water partition coefficient (Wildman–Crippen LogP) is 3.23. The minimum atomic E-state index is -0.360. The lowest BCUT2D eigenvalue weighted by molar-refractivity contribution is 0.102. The second-order valence-electron chi connectivity index (χ2n) is 3.90. The van der Waals surface area contributed by atoms with Crippen molar-refractivity contribution < 1.29 is 9.53 Å². The molecule has 2 aromatic rings. The molecule has 0 aliphatic rings. The average Bonchev–Trinajstić information content (AvgIpc) is 2.45. The molecule has 104 valence electrons. The van der Waals surface area contributed by atoms with Gasteiger partial charge in [0.1, 0.15) is 0 Å². The number of carbonyl (C=O) groups excluding carboxylic acids is 1. The first-order valence-electron chi connectivity index (χ1n) is 5.57. The minimum absolute atomic E-state index is 0.232. The van der Waals surface area contributed by atoms with Crippen LogP contribution in [-0.2, 0) is 0 Å². The Morgan fingerprint density at radius 2 is 1.95 bits per heavy atom. The molecule has 1 heterocycles. The first-order chi connectivity index (χ1) is 9.51. The zero-order valence-corrected chi connectivity index (χ0v) is 12.0. The van der Waals surface area contributed by atoms with Crippen molar-refractivity contribution in [3.63, 3.8) is 0 Å². The van der Waals surface area contributed by atoms with Gasteiger partial charge >= 0.3 is 0 Å². The topological polar surface area (TPSA) is 77.2 Å². The van der Waals surface area contributed by atoms with E-state index in [-0.39, 0.29) is 21.6 Å². The van der Waals surface area contributed by atoms with Crippen molar-refractivity contribution in [2.75, 3.05) is 18.2 Å². The Kier molecular flexibility index (Phi) is 4.32. The summed E-state index contributed by atoms with van der Waals surface area (Å²) in [6.07, 6.45) is 1.48. The highest BCUT2D eigenvalue weighted by Crippen LogP contribution is 2.29. The van der Waals surface area contributed by atoms with Gasteiger partial charge in [-0.2, -0.15) is 0 Å². The molecule has 3 N–H and O–H groups in total. The summed E-state index contributed by atoms with van der Waals surface area (Å²) in [4.78, 5) is 16.0. The van der Waals surface area contributed by atoms with Crippen molar-refractivity contribution in [2.24, 2.45) is 0 Å². The predicted molar refractivity (Wildman–Crippen MR) is 79.6 cm³/mol. The molecule has 0 bridgehead atoms. The van der Waals surface area contributed by atoms with Crippen LogP contribution in [0.1, 0.15) is 10.4 Å². The van der Waals surface area contributed by atoms with Crippen LogP contribution in [0.4, 0.5) is 11.4 Å². The quantitative estimate of drug-likeness (QED) is 0.853. The number of benzene rings is 1. The van der Waals surface area contributed by atoms with Crippen molar-refractivity contribution >= 4 is 40.5 Å². The maximum absolute atomic E-state index is 12.1. The van der Waals surface area contributed by atoms with Crippen molar-refractivity contribution in [1.82, 2.24) is 4.98 Å². The molecule has 0 aliphatic heterocycles. The largest absolute Gasteiger partial charge is 0.481 e. The number of anilines is 2. The van der Waals surface area contributed by atoms with Gasteiger partial charge in [0.25, 0.3) is 5.91 Å². The Balaban J connectivity index is 2.19. The average molecular weight is 312 g/mol. The highest BCUT2D eigenvalue weighted by atomic mass is 35.5. The number of nitrogens with two attached hydrogens (primary N) is 1. The molecule has 20 heavy (non-hydrogen) atoms. The van der Waals surface area contributed by atoms with Crippen LogP contribution in [0.2, 0.25) is 10.0 Å². The number of halogens is 2. The van der Waals surface area contributed by atoms with Crippen LogP contribution in [0.15, 0.2) is 30.5 Å². The van der Waals surface area contributed by atoms with Crippen LogP contribution in [0.5, 0.6) is 5.88 Å². The van der Waals surface area contributed by atoms with Gasteiger partial charge in [-0.15, -0.1) is 0 Å². The van der Waals surface area contributed by atoms with Gasteiger partial charge in [-0.1, -0.05) is 23.2 Å². The maximum atomic E-state index is 12.1. The molecule has 0 radical (unpaired) electrons. The van der Waals surface area contributed by atoms with Crippen LogP contribution in [-0.4, -0.2) is 18.0 Å². The third-order valence-electron chi connectivity index (χ3n) is 2.54. The summed E-state index contributed by atoms with van der Waals surface area (Å²) in [5.74, 6) is 0.0994. The smallest absolute Gasteiger partial charge is 0.255 e. The van der Waals surface area contributed by atoms with E-state index < -0.39 is 0 Å².